The second kappa shape index (κ2) is 7.58. The molecular formula is C22H19Cl2NO. The van der Waals surface area contributed by atoms with Crippen molar-refractivity contribution in [2.75, 3.05) is 6.54 Å². The number of nitrogens with zero attached hydrogens (tertiary/aromatic N) is 1. The zero-order valence-corrected chi connectivity index (χ0v) is 16.2. The van der Waals surface area contributed by atoms with E-state index in [0.717, 1.165) is 17.6 Å². The summed E-state index contributed by atoms with van der Waals surface area (Å²) in [6.07, 6.45) is 2.73. The second-order valence-corrected chi connectivity index (χ2v) is 7.60. The Morgan fingerprint density at radius 3 is 2.50 bits per heavy atom. The van der Waals surface area contributed by atoms with Gasteiger partial charge in [-0.3, -0.25) is 4.79 Å². The molecule has 0 aromatic heterocycles. The van der Waals surface area contributed by atoms with Crippen molar-refractivity contribution in [3.8, 4) is 11.8 Å². The van der Waals surface area contributed by atoms with E-state index in [1.807, 2.05) is 35.2 Å². The molecule has 3 rings (SSSR count). The van der Waals surface area contributed by atoms with Gasteiger partial charge in [0.2, 0.25) is 0 Å². The highest BCUT2D eigenvalue weighted by atomic mass is 35.5. The van der Waals surface area contributed by atoms with Crippen molar-refractivity contribution in [3.63, 3.8) is 0 Å². The van der Waals surface area contributed by atoms with Crippen LogP contribution in [0.2, 0.25) is 10.0 Å². The summed E-state index contributed by atoms with van der Waals surface area (Å²) in [5, 5.41) is 1.24. The van der Waals surface area contributed by atoms with Crippen molar-refractivity contribution in [3.05, 3.63) is 81.4 Å². The van der Waals surface area contributed by atoms with E-state index in [0.29, 0.717) is 22.2 Å². The molecule has 4 heteroatoms. The third kappa shape index (κ3) is 3.96. The summed E-state index contributed by atoms with van der Waals surface area (Å²) in [6, 6.07) is 14.5. The normalized spacial score (nSPS) is 17.1. The van der Waals surface area contributed by atoms with Crippen LogP contribution in [0.25, 0.3) is 0 Å². The van der Waals surface area contributed by atoms with E-state index in [-0.39, 0.29) is 11.4 Å². The maximum atomic E-state index is 12.9. The van der Waals surface area contributed by atoms with Crippen molar-refractivity contribution in [2.24, 2.45) is 0 Å². The minimum atomic E-state index is -0.386. The van der Waals surface area contributed by atoms with Gasteiger partial charge in [-0.05, 0) is 68.3 Å². The highest BCUT2D eigenvalue weighted by Gasteiger charge is 2.39. The molecule has 0 atom stereocenters. The maximum Gasteiger partial charge on any atom is 0.254 e. The van der Waals surface area contributed by atoms with Gasteiger partial charge in [0.25, 0.3) is 5.91 Å². The Bertz CT molecular complexity index is 934. The molecule has 0 N–H and O–H groups in total. The first-order valence-electron chi connectivity index (χ1n) is 8.42. The molecule has 1 aliphatic rings. The first-order valence-corrected chi connectivity index (χ1v) is 9.18. The van der Waals surface area contributed by atoms with Crippen LogP contribution >= 0.6 is 23.2 Å². The van der Waals surface area contributed by atoms with Crippen molar-refractivity contribution in [1.82, 2.24) is 4.90 Å². The molecule has 1 amide bonds. The molecule has 1 heterocycles. The Hall–Kier alpha value is -2.21. The zero-order valence-electron chi connectivity index (χ0n) is 14.7. The number of allylic oxidation sites excluding steroid dienone is 1. The Kier molecular flexibility index (Phi) is 5.41. The predicted octanol–water partition coefficient (Wildman–Crippen LogP) is 5.60. The largest absolute Gasteiger partial charge is 0.329 e. The first-order chi connectivity index (χ1) is 12.4. The fraction of sp³-hybridized carbons (Fsp3) is 0.227. The molecule has 1 fully saturated rings. The molecule has 1 aliphatic heterocycles. The van der Waals surface area contributed by atoms with Crippen LogP contribution in [0.1, 0.15) is 36.2 Å². The average molecular weight is 384 g/mol. The molecule has 2 aromatic rings. The molecule has 0 spiro atoms. The Balaban J connectivity index is 1.81. The van der Waals surface area contributed by atoms with E-state index in [2.05, 4.69) is 25.7 Å². The smallest absolute Gasteiger partial charge is 0.254 e. The monoisotopic (exact) mass is 383 g/mol. The van der Waals surface area contributed by atoms with Gasteiger partial charge in [0.05, 0.1) is 5.54 Å². The number of halogens is 2. The molecule has 2 nitrogen and oxygen atoms in total. The van der Waals surface area contributed by atoms with Gasteiger partial charge in [-0.15, -0.1) is 0 Å². The van der Waals surface area contributed by atoms with Crippen LogP contribution in [0.4, 0.5) is 0 Å². The number of carbonyl (C=O) groups is 1. The fourth-order valence-electron chi connectivity index (χ4n) is 3.15. The van der Waals surface area contributed by atoms with E-state index in [1.165, 1.54) is 0 Å². The molecule has 0 aliphatic carbocycles. The fourth-order valence-corrected chi connectivity index (χ4v) is 3.53. The van der Waals surface area contributed by atoms with Crippen molar-refractivity contribution >= 4 is 29.1 Å². The van der Waals surface area contributed by atoms with E-state index in [4.69, 9.17) is 23.2 Å². The van der Waals surface area contributed by atoms with Gasteiger partial charge >= 0.3 is 0 Å². The van der Waals surface area contributed by atoms with Gasteiger partial charge in [-0.25, -0.2) is 0 Å². The lowest BCUT2D eigenvalue weighted by molar-refractivity contribution is 0.0678. The summed E-state index contributed by atoms with van der Waals surface area (Å²) < 4.78 is 0. The number of likely N-dealkylation sites (tertiary alicyclic amines) is 1. The van der Waals surface area contributed by atoms with Crippen LogP contribution in [0.15, 0.2) is 60.2 Å². The second-order valence-electron chi connectivity index (χ2n) is 6.73. The maximum absolute atomic E-state index is 12.9. The van der Waals surface area contributed by atoms with Crippen LogP contribution in [-0.2, 0) is 0 Å². The molecule has 1 saturated heterocycles. The lowest BCUT2D eigenvalue weighted by Crippen LogP contribution is -2.43. The summed E-state index contributed by atoms with van der Waals surface area (Å²) in [4.78, 5) is 14.8. The van der Waals surface area contributed by atoms with Crippen molar-refractivity contribution < 1.29 is 4.79 Å². The van der Waals surface area contributed by atoms with Gasteiger partial charge < -0.3 is 4.90 Å². The summed E-state index contributed by atoms with van der Waals surface area (Å²) in [5.74, 6) is 6.20. The van der Waals surface area contributed by atoms with E-state index < -0.39 is 0 Å². The molecule has 26 heavy (non-hydrogen) atoms. The lowest BCUT2D eigenvalue weighted by Gasteiger charge is -2.32. The number of hydrogen-bond acceptors (Lipinski definition) is 1. The number of carbonyl (C=O) groups excluding carboxylic acids is 1. The average Bonchev–Trinajstić information content (AvgIpc) is 2.89. The van der Waals surface area contributed by atoms with Gasteiger partial charge in [-0.1, -0.05) is 47.2 Å². The topological polar surface area (TPSA) is 20.3 Å². The molecule has 132 valence electrons. The number of hydrogen-bond donors (Lipinski definition) is 0. The predicted molar refractivity (Wildman–Crippen MR) is 108 cm³/mol. The van der Waals surface area contributed by atoms with E-state index in [1.54, 1.807) is 24.3 Å². The van der Waals surface area contributed by atoms with Gasteiger partial charge in [-0.2, -0.15) is 0 Å². The SMILES string of the molecule is CC1(C)/C(=C/C#Cc2cccc(Cl)c2)CCN1C(=O)c1cccc(Cl)c1. The number of benzene rings is 2. The van der Waals surface area contributed by atoms with Crippen LogP contribution < -0.4 is 0 Å². The summed E-state index contributed by atoms with van der Waals surface area (Å²) in [5.41, 5.74) is 2.24. The van der Waals surface area contributed by atoms with E-state index >= 15 is 0 Å². The highest BCUT2D eigenvalue weighted by molar-refractivity contribution is 6.31. The van der Waals surface area contributed by atoms with Crippen LogP contribution in [0.5, 0.6) is 0 Å². The summed E-state index contributed by atoms with van der Waals surface area (Å²) in [6.45, 7) is 4.77. The van der Waals surface area contributed by atoms with Gasteiger partial charge in [0.15, 0.2) is 0 Å². The first kappa shape index (κ1) is 18.6. The third-order valence-electron chi connectivity index (χ3n) is 4.67. The van der Waals surface area contributed by atoms with Gasteiger partial charge in [0.1, 0.15) is 0 Å². The standard InChI is InChI=1S/C22H19Cl2NO/c1-22(2)18(9-3-6-16-7-4-10-19(23)14-16)12-13-25(22)21(26)17-8-5-11-20(24)15-17/h4-5,7-11,14-15H,12-13H2,1-2H3/b18-9+. The third-order valence-corrected chi connectivity index (χ3v) is 5.14. The minimum Gasteiger partial charge on any atom is -0.329 e. The Labute approximate surface area is 164 Å². The Morgan fingerprint density at radius 1 is 1.12 bits per heavy atom. The quantitative estimate of drug-likeness (QED) is 0.587. The lowest BCUT2D eigenvalue weighted by atomic mass is 9.94. The number of rotatable bonds is 1. The molecule has 0 unspecified atom stereocenters. The highest BCUT2D eigenvalue weighted by Crippen LogP contribution is 2.35. The molecule has 0 radical (unpaired) electrons. The molecule has 0 bridgehead atoms. The Morgan fingerprint density at radius 2 is 1.81 bits per heavy atom. The van der Waals surface area contributed by atoms with Gasteiger partial charge in [0, 0.05) is 27.7 Å². The summed E-state index contributed by atoms with van der Waals surface area (Å²) >= 11 is 12.0. The molecule has 0 saturated carbocycles. The number of amides is 1. The van der Waals surface area contributed by atoms with Crippen LogP contribution in [0, 0.1) is 11.8 Å². The zero-order chi connectivity index (χ0) is 18.7. The van der Waals surface area contributed by atoms with Crippen molar-refractivity contribution in [1.29, 1.82) is 0 Å². The molecule has 2 aromatic carbocycles. The minimum absolute atomic E-state index is 0.0105. The summed E-state index contributed by atoms with van der Waals surface area (Å²) in [7, 11) is 0. The van der Waals surface area contributed by atoms with Crippen LogP contribution in [-0.4, -0.2) is 22.9 Å². The van der Waals surface area contributed by atoms with Crippen molar-refractivity contribution in [2.45, 2.75) is 25.8 Å². The van der Waals surface area contributed by atoms with Crippen LogP contribution in [0.3, 0.4) is 0 Å². The molecular weight excluding hydrogens is 365 g/mol. The van der Waals surface area contributed by atoms with E-state index in [9.17, 15) is 4.79 Å².